The van der Waals surface area contributed by atoms with Crippen LogP contribution in [0, 0.1) is 0 Å². The number of carbonyl (C=O) groups is 1. The number of ether oxygens (including phenoxy) is 1. The van der Waals surface area contributed by atoms with Crippen LogP contribution in [0.1, 0.15) is 26.7 Å². The summed E-state index contributed by atoms with van der Waals surface area (Å²) < 4.78 is 34.4. The highest BCUT2D eigenvalue weighted by Crippen LogP contribution is 2.23. The summed E-state index contributed by atoms with van der Waals surface area (Å²) >= 11 is 0. The third-order valence-electron chi connectivity index (χ3n) is 4.78. The Morgan fingerprint density at radius 3 is 2.67 bits per heavy atom. The molecule has 8 nitrogen and oxygen atoms in total. The van der Waals surface area contributed by atoms with Crippen LogP contribution >= 0.6 is 0 Å². The second-order valence-corrected chi connectivity index (χ2v) is 8.90. The molecule has 1 aliphatic heterocycles. The van der Waals surface area contributed by atoms with Crippen molar-refractivity contribution in [3.8, 4) is 17.2 Å². The number of amides is 1. The maximum atomic E-state index is 12.7. The van der Waals surface area contributed by atoms with Gasteiger partial charge in [-0.1, -0.05) is 6.92 Å². The molecule has 0 spiro atoms. The highest BCUT2D eigenvalue weighted by Gasteiger charge is 2.36. The zero-order valence-corrected chi connectivity index (χ0v) is 16.2. The summed E-state index contributed by atoms with van der Waals surface area (Å²) in [4.78, 5) is 14.4. The Morgan fingerprint density at radius 2 is 2.11 bits per heavy atom. The standard InChI is InChI=1S/C18H23N3O5S/c1-3-13(2)21(15-8-9-27(23,24)11-15)17(22)10-25-16-6-4-14(5-7-16)18-20-19-12-26-18/h4-7,12-13,15H,3,8-11H2,1-2H3/t13-,15+/m0/s1. The summed E-state index contributed by atoms with van der Waals surface area (Å²) in [5.74, 6) is 0.905. The van der Waals surface area contributed by atoms with E-state index in [-0.39, 0.29) is 36.1 Å². The smallest absolute Gasteiger partial charge is 0.261 e. The molecule has 1 aromatic carbocycles. The summed E-state index contributed by atoms with van der Waals surface area (Å²) in [6.45, 7) is 3.77. The van der Waals surface area contributed by atoms with E-state index in [2.05, 4.69) is 10.2 Å². The lowest BCUT2D eigenvalue weighted by Crippen LogP contribution is -2.48. The normalized spacial score (nSPS) is 19.6. The first-order valence-electron chi connectivity index (χ1n) is 8.90. The van der Waals surface area contributed by atoms with Gasteiger partial charge in [-0.3, -0.25) is 4.79 Å². The molecule has 146 valence electrons. The molecular formula is C18H23N3O5S. The largest absolute Gasteiger partial charge is 0.484 e. The number of rotatable bonds is 7. The van der Waals surface area contributed by atoms with Crippen LogP contribution in [0.25, 0.3) is 11.5 Å². The fraction of sp³-hybridized carbons (Fsp3) is 0.500. The third kappa shape index (κ3) is 4.65. The van der Waals surface area contributed by atoms with Crippen molar-refractivity contribution < 1.29 is 22.4 Å². The van der Waals surface area contributed by atoms with Gasteiger partial charge in [0.2, 0.25) is 12.3 Å². The quantitative estimate of drug-likeness (QED) is 0.708. The van der Waals surface area contributed by atoms with Gasteiger partial charge in [-0.25, -0.2) is 8.42 Å². The van der Waals surface area contributed by atoms with Gasteiger partial charge in [-0.2, -0.15) is 0 Å². The van der Waals surface area contributed by atoms with E-state index >= 15 is 0 Å². The lowest BCUT2D eigenvalue weighted by molar-refractivity contribution is -0.137. The van der Waals surface area contributed by atoms with Crippen LogP contribution in [-0.4, -0.2) is 59.6 Å². The minimum Gasteiger partial charge on any atom is -0.484 e. The number of hydrogen-bond donors (Lipinski definition) is 0. The van der Waals surface area contributed by atoms with Crippen LogP contribution < -0.4 is 4.74 Å². The van der Waals surface area contributed by atoms with Gasteiger partial charge in [0.05, 0.1) is 11.5 Å². The molecule has 0 bridgehead atoms. The first kappa shape index (κ1) is 19.3. The lowest BCUT2D eigenvalue weighted by atomic mass is 10.1. The highest BCUT2D eigenvalue weighted by atomic mass is 32.2. The maximum absolute atomic E-state index is 12.7. The molecule has 0 saturated carbocycles. The molecule has 2 heterocycles. The number of hydrogen-bond acceptors (Lipinski definition) is 7. The number of carbonyl (C=O) groups excluding carboxylic acids is 1. The van der Waals surface area contributed by atoms with Gasteiger partial charge >= 0.3 is 0 Å². The number of nitrogens with zero attached hydrogens (tertiary/aromatic N) is 3. The molecule has 0 radical (unpaired) electrons. The summed E-state index contributed by atoms with van der Waals surface area (Å²) in [6.07, 6.45) is 2.49. The van der Waals surface area contributed by atoms with Gasteiger partial charge in [0, 0.05) is 17.6 Å². The molecule has 2 aromatic rings. The van der Waals surface area contributed by atoms with E-state index in [0.29, 0.717) is 18.1 Å². The first-order valence-corrected chi connectivity index (χ1v) is 10.7. The van der Waals surface area contributed by atoms with Crippen LogP contribution in [0.5, 0.6) is 5.75 Å². The predicted octanol–water partition coefficient (Wildman–Crippen LogP) is 1.93. The zero-order valence-electron chi connectivity index (χ0n) is 15.4. The molecule has 0 N–H and O–H groups in total. The molecule has 1 aromatic heterocycles. The zero-order chi connectivity index (χ0) is 19.4. The Hall–Kier alpha value is -2.42. The minimum absolute atomic E-state index is 0.0297. The van der Waals surface area contributed by atoms with E-state index < -0.39 is 9.84 Å². The van der Waals surface area contributed by atoms with Crippen LogP contribution in [-0.2, 0) is 14.6 Å². The van der Waals surface area contributed by atoms with E-state index in [9.17, 15) is 13.2 Å². The van der Waals surface area contributed by atoms with Crippen molar-refractivity contribution in [1.29, 1.82) is 0 Å². The lowest BCUT2D eigenvalue weighted by Gasteiger charge is -2.33. The fourth-order valence-electron chi connectivity index (χ4n) is 3.21. The Balaban J connectivity index is 1.63. The molecule has 1 aliphatic rings. The van der Waals surface area contributed by atoms with Gasteiger partial charge in [-0.15, -0.1) is 10.2 Å². The van der Waals surface area contributed by atoms with Crippen molar-refractivity contribution in [3.05, 3.63) is 30.7 Å². The van der Waals surface area contributed by atoms with Gasteiger partial charge in [0.15, 0.2) is 16.4 Å². The highest BCUT2D eigenvalue weighted by molar-refractivity contribution is 7.91. The van der Waals surface area contributed by atoms with Crippen molar-refractivity contribution >= 4 is 15.7 Å². The second kappa shape index (κ2) is 8.08. The fourth-order valence-corrected chi connectivity index (χ4v) is 4.92. The Morgan fingerprint density at radius 1 is 1.37 bits per heavy atom. The van der Waals surface area contributed by atoms with Crippen molar-refractivity contribution in [2.45, 2.75) is 38.8 Å². The number of benzene rings is 1. The van der Waals surface area contributed by atoms with E-state index in [0.717, 1.165) is 12.0 Å². The topological polar surface area (TPSA) is 103 Å². The first-order chi connectivity index (χ1) is 12.9. The van der Waals surface area contributed by atoms with Gasteiger partial charge in [0.1, 0.15) is 5.75 Å². The Kier molecular flexibility index (Phi) is 5.79. The molecule has 1 fully saturated rings. The molecule has 1 saturated heterocycles. The van der Waals surface area contributed by atoms with Crippen LogP contribution in [0.15, 0.2) is 35.1 Å². The van der Waals surface area contributed by atoms with E-state index in [1.807, 2.05) is 13.8 Å². The summed E-state index contributed by atoms with van der Waals surface area (Å²) in [5, 5.41) is 7.46. The molecule has 0 unspecified atom stereocenters. The predicted molar refractivity (Wildman–Crippen MR) is 98.9 cm³/mol. The molecule has 2 atom stereocenters. The average molecular weight is 393 g/mol. The molecule has 3 rings (SSSR count). The minimum atomic E-state index is -3.06. The van der Waals surface area contributed by atoms with Crippen molar-refractivity contribution in [2.24, 2.45) is 0 Å². The van der Waals surface area contributed by atoms with Crippen LogP contribution in [0.2, 0.25) is 0 Å². The van der Waals surface area contributed by atoms with Crippen LogP contribution in [0.4, 0.5) is 0 Å². The number of aromatic nitrogens is 2. The van der Waals surface area contributed by atoms with E-state index in [1.54, 1.807) is 29.2 Å². The SMILES string of the molecule is CC[C@H](C)N(C(=O)COc1ccc(-c2nnco2)cc1)[C@@H]1CCS(=O)(=O)C1. The van der Waals surface area contributed by atoms with Gasteiger partial charge < -0.3 is 14.1 Å². The summed E-state index contributed by atoms with van der Waals surface area (Å²) in [5.41, 5.74) is 0.753. The Labute approximate surface area is 158 Å². The Bertz CT molecular complexity index is 865. The van der Waals surface area contributed by atoms with E-state index in [4.69, 9.17) is 9.15 Å². The summed E-state index contributed by atoms with van der Waals surface area (Å²) in [6, 6.07) is 6.66. The average Bonchev–Trinajstić information content (AvgIpc) is 3.30. The van der Waals surface area contributed by atoms with Crippen molar-refractivity contribution in [3.63, 3.8) is 0 Å². The van der Waals surface area contributed by atoms with Gasteiger partial charge in [-0.05, 0) is 44.0 Å². The molecule has 9 heteroatoms. The molecule has 1 amide bonds. The molecule has 27 heavy (non-hydrogen) atoms. The molecular weight excluding hydrogens is 370 g/mol. The monoisotopic (exact) mass is 393 g/mol. The van der Waals surface area contributed by atoms with Crippen LogP contribution in [0.3, 0.4) is 0 Å². The van der Waals surface area contributed by atoms with E-state index in [1.165, 1.54) is 6.39 Å². The second-order valence-electron chi connectivity index (χ2n) is 6.67. The number of sulfone groups is 1. The third-order valence-corrected chi connectivity index (χ3v) is 6.53. The van der Waals surface area contributed by atoms with Gasteiger partial charge in [0.25, 0.3) is 5.91 Å². The van der Waals surface area contributed by atoms with Crippen molar-refractivity contribution in [1.82, 2.24) is 15.1 Å². The van der Waals surface area contributed by atoms with Crippen molar-refractivity contribution in [2.75, 3.05) is 18.1 Å². The maximum Gasteiger partial charge on any atom is 0.261 e. The molecule has 0 aliphatic carbocycles. The summed E-state index contributed by atoms with van der Waals surface area (Å²) in [7, 11) is -3.06.